The summed E-state index contributed by atoms with van der Waals surface area (Å²) >= 11 is 0. The van der Waals surface area contributed by atoms with Crippen molar-refractivity contribution in [1.29, 1.82) is 0 Å². The van der Waals surface area contributed by atoms with Crippen LogP contribution in [-0.4, -0.2) is 73.2 Å². The molecule has 7 heteroatoms. The Labute approximate surface area is 166 Å². The molecule has 1 aliphatic heterocycles. The number of benzene rings is 1. The molecule has 0 atom stereocenters. The van der Waals surface area contributed by atoms with Crippen LogP contribution in [0, 0.1) is 0 Å². The summed E-state index contributed by atoms with van der Waals surface area (Å²) in [5.41, 5.74) is 2.24. The summed E-state index contributed by atoms with van der Waals surface area (Å²) < 4.78 is 5.41. The number of hydrogen-bond donors (Lipinski definition) is 2. The van der Waals surface area contributed by atoms with Crippen LogP contribution < -0.4 is 5.32 Å². The number of carbonyl (C=O) groups excluding carboxylic acids is 2. The molecule has 28 heavy (non-hydrogen) atoms. The molecule has 1 fully saturated rings. The highest BCUT2D eigenvalue weighted by Crippen LogP contribution is 2.19. The monoisotopic (exact) mass is 386 g/mol. The van der Waals surface area contributed by atoms with Gasteiger partial charge in [0.25, 0.3) is 0 Å². The molecule has 0 bridgehead atoms. The number of rotatable bonds is 7. The summed E-state index contributed by atoms with van der Waals surface area (Å²) in [7, 11) is 3.52. The number of fused-ring (bicyclic) bond motifs is 1. The molecule has 3 amide bonds. The lowest BCUT2D eigenvalue weighted by Crippen LogP contribution is -2.50. The summed E-state index contributed by atoms with van der Waals surface area (Å²) in [5, 5.41) is 4.13. The average molecular weight is 386 g/mol. The summed E-state index contributed by atoms with van der Waals surface area (Å²) in [6, 6.07) is 8.26. The van der Waals surface area contributed by atoms with E-state index >= 15 is 0 Å². The first kappa shape index (κ1) is 20.2. The summed E-state index contributed by atoms with van der Waals surface area (Å²) in [4.78, 5) is 31.5. The van der Waals surface area contributed by atoms with Crippen LogP contribution in [0.15, 0.2) is 30.5 Å². The summed E-state index contributed by atoms with van der Waals surface area (Å²) in [6.07, 6.45) is 4.78. The zero-order valence-corrected chi connectivity index (χ0v) is 16.7. The van der Waals surface area contributed by atoms with Crippen LogP contribution in [0.1, 0.15) is 24.8 Å². The van der Waals surface area contributed by atoms with Crippen LogP contribution in [0.4, 0.5) is 4.79 Å². The van der Waals surface area contributed by atoms with E-state index in [-0.39, 0.29) is 18.0 Å². The molecule has 0 aliphatic carbocycles. The Bertz CT molecular complexity index is 796. The number of aryl methyl sites for hydroxylation is 1. The van der Waals surface area contributed by atoms with Crippen molar-refractivity contribution >= 4 is 22.8 Å². The average Bonchev–Trinajstić information content (AvgIpc) is 3.13. The van der Waals surface area contributed by atoms with Crippen LogP contribution in [0.3, 0.4) is 0 Å². The van der Waals surface area contributed by atoms with Gasteiger partial charge in [-0.25, -0.2) is 4.79 Å². The molecule has 0 saturated carbocycles. The fourth-order valence-corrected chi connectivity index (χ4v) is 3.68. The second-order valence-corrected chi connectivity index (χ2v) is 7.42. The highest BCUT2D eigenvalue weighted by molar-refractivity contribution is 5.84. The topological polar surface area (TPSA) is 77.7 Å². The molecule has 2 heterocycles. The molecular weight excluding hydrogens is 356 g/mol. The Morgan fingerprint density at radius 2 is 1.96 bits per heavy atom. The maximum absolute atomic E-state index is 12.5. The van der Waals surface area contributed by atoms with Crippen LogP contribution in [0.25, 0.3) is 10.9 Å². The van der Waals surface area contributed by atoms with Crippen LogP contribution in [0.2, 0.25) is 0 Å². The standard InChI is InChI=1S/C21H30N4O3/c1-24(2)21(27)25(17-9-13-28-14-10-17)12-11-22-20(26)8-7-16-15-23-19-6-4-3-5-18(16)19/h3-6,15,17,23H,7-14H2,1-2H3,(H,22,26). The van der Waals surface area contributed by atoms with Crippen LogP contribution >= 0.6 is 0 Å². The van der Waals surface area contributed by atoms with Gasteiger partial charge in [-0.15, -0.1) is 0 Å². The molecule has 3 rings (SSSR count). The number of H-pyrrole nitrogens is 1. The van der Waals surface area contributed by atoms with Gasteiger partial charge in [-0.2, -0.15) is 0 Å². The Balaban J connectivity index is 1.47. The van der Waals surface area contributed by atoms with E-state index in [9.17, 15) is 9.59 Å². The third kappa shape index (κ3) is 5.04. The Kier molecular flexibility index (Phi) is 6.92. The maximum atomic E-state index is 12.5. The smallest absolute Gasteiger partial charge is 0.319 e. The Hall–Kier alpha value is -2.54. The van der Waals surface area contributed by atoms with E-state index < -0.39 is 0 Å². The molecule has 1 aliphatic rings. The number of aromatic nitrogens is 1. The van der Waals surface area contributed by atoms with E-state index in [1.54, 1.807) is 19.0 Å². The summed E-state index contributed by atoms with van der Waals surface area (Å²) in [6.45, 7) is 2.34. The van der Waals surface area contributed by atoms with Gasteiger partial charge in [0.1, 0.15) is 0 Å². The van der Waals surface area contributed by atoms with E-state index in [1.165, 1.54) is 0 Å². The molecule has 7 nitrogen and oxygen atoms in total. The molecule has 0 radical (unpaired) electrons. The van der Waals surface area contributed by atoms with Gasteiger partial charge in [-0.3, -0.25) is 4.79 Å². The van der Waals surface area contributed by atoms with Gasteiger partial charge in [0, 0.05) is 70.0 Å². The van der Waals surface area contributed by atoms with Gasteiger partial charge in [0.05, 0.1) is 0 Å². The first-order valence-electron chi connectivity index (χ1n) is 9.93. The minimum absolute atomic E-state index is 0.00881. The normalized spacial score (nSPS) is 14.8. The predicted octanol–water partition coefficient (Wildman–Crippen LogP) is 2.38. The minimum Gasteiger partial charge on any atom is -0.381 e. The molecule has 1 aromatic heterocycles. The van der Waals surface area contributed by atoms with Gasteiger partial charge in [0.2, 0.25) is 5.91 Å². The largest absolute Gasteiger partial charge is 0.381 e. The molecule has 0 spiro atoms. The first-order chi connectivity index (χ1) is 13.6. The first-order valence-corrected chi connectivity index (χ1v) is 9.93. The number of para-hydroxylation sites is 1. The van der Waals surface area contributed by atoms with E-state index in [2.05, 4.69) is 16.4 Å². The SMILES string of the molecule is CN(C)C(=O)N(CCNC(=O)CCc1c[nH]c2ccccc12)C1CCOCC1. The number of nitrogens with one attached hydrogen (secondary N) is 2. The van der Waals surface area contributed by atoms with Crippen molar-refractivity contribution in [2.45, 2.75) is 31.7 Å². The van der Waals surface area contributed by atoms with Crippen molar-refractivity contribution < 1.29 is 14.3 Å². The third-order valence-electron chi connectivity index (χ3n) is 5.23. The number of carbonyl (C=O) groups is 2. The lowest BCUT2D eigenvalue weighted by molar-refractivity contribution is -0.121. The van der Waals surface area contributed by atoms with Crippen molar-refractivity contribution in [3.8, 4) is 0 Å². The molecule has 1 saturated heterocycles. The van der Waals surface area contributed by atoms with Crippen LogP contribution in [-0.2, 0) is 16.0 Å². The molecule has 2 aromatic rings. The quantitative estimate of drug-likeness (QED) is 0.767. The van der Waals surface area contributed by atoms with Crippen molar-refractivity contribution in [3.63, 3.8) is 0 Å². The van der Waals surface area contributed by atoms with Crippen molar-refractivity contribution in [3.05, 3.63) is 36.0 Å². The minimum atomic E-state index is -0.0139. The van der Waals surface area contributed by atoms with Gasteiger partial charge < -0.3 is 24.8 Å². The van der Waals surface area contributed by atoms with Gasteiger partial charge in [-0.1, -0.05) is 18.2 Å². The van der Waals surface area contributed by atoms with E-state index in [4.69, 9.17) is 4.74 Å². The zero-order valence-electron chi connectivity index (χ0n) is 16.7. The number of amides is 3. The second-order valence-electron chi connectivity index (χ2n) is 7.42. The molecule has 2 N–H and O–H groups in total. The van der Waals surface area contributed by atoms with Crippen molar-refractivity contribution in [2.24, 2.45) is 0 Å². The Morgan fingerprint density at radius 3 is 2.71 bits per heavy atom. The van der Waals surface area contributed by atoms with Gasteiger partial charge in [0.15, 0.2) is 0 Å². The van der Waals surface area contributed by atoms with Gasteiger partial charge in [-0.05, 0) is 30.9 Å². The number of ether oxygens (including phenoxy) is 1. The van der Waals surface area contributed by atoms with Crippen molar-refractivity contribution in [2.75, 3.05) is 40.4 Å². The van der Waals surface area contributed by atoms with E-state index in [1.807, 2.05) is 29.3 Å². The number of aromatic amines is 1. The molecule has 152 valence electrons. The predicted molar refractivity (Wildman–Crippen MR) is 109 cm³/mol. The van der Waals surface area contributed by atoms with E-state index in [0.717, 1.165) is 29.3 Å². The lowest BCUT2D eigenvalue weighted by Gasteiger charge is -2.36. The fraction of sp³-hybridized carbons (Fsp3) is 0.524. The molecule has 1 aromatic carbocycles. The third-order valence-corrected chi connectivity index (χ3v) is 5.23. The van der Waals surface area contributed by atoms with Crippen molar-refractivity contribution in [1.82, 2.24) is 20.1 Å². The lowest BCUT2D eigenvalue weighted by atomic mass is 10.1. The zero-order chi connectivity index (χ0) is 19.9. The molecule has 0 unspecified atom stereocenters. The van der Waals surface area contributed by atoms with E-state index in [0.29, 0.717) is 39.1 Å². The number of urea groups is 1. The van der Waals surface area contributed by atoms with Gasteiger partial charge >= 0.3 is 6.03 Å². The fourth-order valence-electron chi connectivity index (χ4n) is 3.68. The van der Waals surface area contributed by atoms with Crippen LogP contribution in [0.5, 0.6) is 0 Å². The second kappa shape index (κ2) is 9.59. The number of nitrogens with zero attached hydrogens (tertiary/aromatic N) is 2. The number of hydrogen-bond acceptors (Lipinski definition) is 3. The summed E-state index contributed by atoms with van der Waals surface area (Å²) in [5.74, 6) is 0.00881. The highest BCUT2D eigenvalue weighted by Gasteiger charge is 2.26. The Morgan fingerprint density at radius 1 is 1.21 bits per heavy atom. The highest BCUT2D eigenvalue weighted by atomic mass is 16.5. The maximum Gasteiger partial charge on any atom is 0.319 e. The molecular formula is C21H30N4O3.